The highest BCUT2D eigenvalue weighted by molar-refractivity contribution is 8.00. The van der Waals surface area contributed by atoms with Crippen LogP contribution in [0.25, 0.3) is 0 Å². The maximum atomic E-state index is 11.6. The van der Waals surface area contributed by atoms with Crippen LogP contribution in [0.3, 0.4) is 0 Å². The summed E-state index contributed by atoms with van der Waals surface area (Å²) in [7, 11) is 0. The number of ether oxygens (including phenoxy) is 1. The van der Waals surface area contributed by atoms with Crippen molar-refractivity contribution in [2.24, 2.45) is 0 Å². The van der Waals surface area contributed by atoms with E-state index >= 15 is 0 Å². The molecule has 0 saturated heterocycles. The smallest absolute Gasteiger partial charge is 0.303 e. The van der Waals surface area contributed by atoms with Crippen LogP contribution in [0.5, 0.6) is 0 Å². The predicted octanol–water partition coefficient (Wildman–Crippen LogP) is 4.27. The largest absolute Gasteiger partial charge is 0.454 e. The molecule has 0 saturated carbocycles. The van der Waals surface area contributed by atoms with Gasteiger partial charge in [0.1, 0.15) is 18.0 Å². The van der Waals surface area contributed by atoms with Gasteiger partial charge in [0, 0.05) is 16.7 Å². The molecule has 2 unspecified atom stereocenters. The monoisotopic (exact) mass is 353 g/mol. The van der Waals surface area contributed by atoms with Crippen molar-refractivity contribution < 1.29 is 9.53 Å². The number of benzene rings is 1. The van der Waals surface area contributed by atoms with Gasteiger partial charge in [0.25, 0.3) is 0 Å². The minimum Gasteiger partial charge on any atom is -0.454 e. The van der Waals surface area contributed by atoms with Gasteiger partial charge in [-0.1, -0.05) is 44.5 Å². The van der Waals surface area contributed by atoms with E-state index in [9.17, 15) is 4.79 Å². The summed E-state index contributed by atoms with van der Waals surface area (Å²) in [5.41, 5.74) is 0.863. The van der Waals surface area contributed by atoms with Crippen LogP contribution in [0.4, 0.5) is 0 Å². The van der Waals surface area contributed by atoms with Gasteiger partial charge in [-0.05, 0) is 17.7 Å². The maximum Gasteiger partial charge on any atom is 0.303 e. The van der Waals surface area contributed by atoms with Crippen molar-refractivity contribution in [2.45, 2.75) is 43.9 Å². The lowest BCUT2D eigenvalue weighted by molar-refractivity contribution is -0.147. The Labute approximate surface area is 145 Å². The van der Waals surface area contributed by atoms with Crippen molar-refractivity contribution in [3.8, 4) is 0 Å². The van der Waals surface area contributed by atoms with E-state index in [1.165, 1.54) is 13.3 Å². The van der Waals surface area contributed by atoms with E-state index in [0.717, 1.165) is 5.56 Å². The number of thioether (sulfide) groups is 1. The summed E-state index contributed by atoms with van der Waals surface area (Å²) < 4.78 is 7.28. The van der Waals surface area contributed by atoms with Crippen LogP contribution >= 0.6 is 23.4 Å². The number of nitrogens with zero attached hydrogens (tertiary/aromatic N) is 3. The number of carbonyl (C=O) groups is 1. The first-order chi connectivity index (χ1) is 10.8. The van der Waals surface area contributed by atoms with Crippen LogP contribution < -0.4 is 0 Å². The van der Waals surface area contributed by atoms with E-state index in [4.69, 9.17) is 16.3 Å². The van der Waals surface area contributed by atoms with Crippen LogP contribution in [0, 0.1) is 0 Å². The molecule has 124 valence electrons. The van der Waals surface area contributed by atoms with Crippen LogP contribution in [0.15, 0.2) is 36.9 Å². The molecule has 0 bridgehead atoms. The maximum absolute atomic E-state index is 11.6. The summed E-state index contributed by atoms with van der Waals surface area (Å²) in [5, 5.41) is 4.64. The number of aromatic nitrogens is 3. The minimum absolute atomic E-state index is 0.0541. The normalized spacial score (nSPS) is 14.3. The minimum atomic E-state index is -0.490. The second-order valence-corrected chi connectivity index (χ2v) is 8.46. The fourth-order valence-electron chi connectivity index (χ4n) is 2.09. The van der Waals surface area contributed by atoms with E-state index in [2.05, 4.69) is 30.9 Å². The Morgan fingerprint density at radius 2 is 1.96 bits per heavy atom. The molecule has 0 N–H and O–H groups in total. The number of rotatable bonds is 5. The van der Waals surface area contributed by atoms with Crippen molar-refractivity contribution in [1.29, 1.82) is 0 Å². The Morgan fingerprint density at radius 1 is 1.30 bits per heavy atom. The molecule has 0 radical (unpaired) electrons. The van der Waals surface area contributed by atoms with Gasteiger partial charge in [0.2, 0.25) is 0 Å². The van der Waals surface area contributed by atoms with Crippen molar-refractivity contribution in [3.63, 3.8) is 0 Å². The molecule has 0 aliphatic heterocycles. The van der Waals surface area contributed by atoms with Crippen LogP contribution in [-0.4, -0.2) is 25.5 Å². The Morgan fingerprint density at radius 3 is 2.43 bits per heavy atom. The van der Waals surface area contributed by atoms with Gasteiger partial charge in [-0.3, -0.25) is 4.79 Å². The molecular weight excluding hydrogens is 334 g/mol. The number of hydrogen-bond acceptors (Lipinski definition) is 5. The fourth-order valence-corrected chi connectivity index (χ4v) is 3.49. The molecule has 7 heteroatoms. The Kier molecular flexibility index (Phi) is 5.70. The van der Waals surface area contributed by atoms with E-state index in [-0.39, 0.29) is 16.1 Å². The van der Waals surface area contributed by atoms with Crippen LogP contribution in [0.1, 0.15) is 44.7 Å². The third-order valence-corrected chi connectivity index (χ3v) is 4.59. The zero-order valence-electron chi connectivity index (χ0n) is 13.6. The number of hydrogen-bond donors (Lipinski definition) is 0. The third-order valence-electron chi connectivity index (χ3n) is 2.92. The van der Waals surface area contributed by atoms with Gasteiger partial charge in [-0.25, -0.2) is 9.67 Å². The lowest BCUT2D eigenvalue weighted by Gasteiger charge is -2.31. The average molecular weight is 354 g/mol. The first-order valence-electron chi connectivity index (χ1n) is 7.21. The lowest BCUT2D eigenvalue weighted by Crippen LogP contribution is -2.24. The van der Waals surface area contributed by atoms with E-state index < -0.39 is 6.10 Å². The molecule has 1 heterocycles. The molecule has 0 fully saturated rings. The number of carbonyl (C=O) groups excluding carboxylic acids is 1. The zero-order chi connectivity index (χ0) is 17.0. The van der Waals surface area contributed by atoms with Gasteiger partial charge in [-0.15, -0.1) is 11.8 Å². The second kappa shape index (κ2) is 7.36. The summed E-state index contributed by atoms with van der Waals surface area (Å²) in [6.07, 6.45) is 2.62. The quantitative estimate of drug-likeness (QED) is 0.751. The summed E-state index contributed by atoms with van der Waals surface area (Å²) in [4.78, 5) is 15.7. The predicted molar refractivity (Wildman–Crippen MR) is 92.4 cm³/mol. The molecule has 2 atom stereocenters. The Hall–Kier alpha value is -1.53. The lowest BCUT2D eigenvalue weighted by atomic mass is 10.1. The summed E-state index contributed by atoms with van der Waals surface area (Å²) in [5.74, 6) is -0.343. The Bertz CT molecular complexity index is 638. The zero-order valence-corrected chi connectivity index (χ0v) is 15.1. The molecule has 5 nitrogen and oxygen atoms in total. The highest BCUT2D eigenvalue weighted by Crippen LogP contribution is 2.44. The van der Waals surface area contributed by atoms with Gasteiger partial charge in [-0.2, -0.15) is 5.10 Å². The molecule has 1 aromatic carbocycles. The van der Waals surface area contributed by atoms with Crippen molar-refractivity contribution in [1.82, 2.24) is 14.8 Å². The number of halogens is 1. The molecule has 1 aromatic heterocycles. The molecular formula is C16H20ClN3O2S. The van der Waals surface area contributed by atoms with Crippen LogP contribution in [0.2, 0.25) is 5.02 Å². The van der Waals surface area contributed by atoms with Crippen molar-refractivity contribution in [2.75, 3.05) is 0 Å². The highest BCUT2D eigenvalue weighted by Gasteiger charge is 2.32. The molecule has 23 heavy (non-hydrogen) atoms. The summed E-state index contributed by atoms with van der Waals surface area (Å²) in [6.45, 7) is 7.72. The van der Waals surface area contributed by atoms with E-state index in [1.807, 2.05) is 12.1 Å². The Balaban J connectivity index is 2.43. The van der Waals surface area contributed by atoms with E-state index in [1.54, 1.807) is 34.9 Å². The number of esters is 1. The first-order valence-corrected chi connectivity index (χ1v) is 8.46. The molecule has 2 rings (SSSR count). The van der Waals surface area contributed by atoms with Crippen molar-refractivity contribution in [3.05, 3.63) is 47.5 Å². The molecule has 0 amide bonds. The van der Waals surface area contributed by atoms with E-state index in [0.29, 0.717) is 5.02 Å². The van der Waals surface area contributed by atoms with Gasteiger partial charge >= 0.3 is 5.97 Å². The van der Waals surface area contributed by atoms with Gasteiger partial charge in [0.15, 0.2) is 6.10 Å². The second-order valence-electron chi connectivity index (χ2n) is 6.08. The molecule has 0 spiro atoms. The first kappa shape index (κ1) is 17.8. The molecule has 0 aliphatic carbocycles. The van der Waals surface area contributed by atoms with Crippen molar-refractivity contribution >= 4 is 29.3 Å². The molecule has 2 aromatic rings. The average Bonchev–Trinajstić information content (AvgIpc) is 2.96. The standard InChI is InChI=1S/C16H20ClN3O2S/c1-11(21)22-14(12-5-7-13(17)8-6-12)15(23-16(2,3)4)20-10-18-9-19-20/h5-10,14-15H,1-4H3. The topological polar surface area (TPSA) is 57.0 Å². The SMILES string of the molecule is CC(=O)OC(c1ccc(Cl)cc1)C(SC(C)(C)C)n1cncn1. The van der Waals surface area contributed by atoms with Gasteiger partial charge in [0.05, 0.1) is 0 Å². The van der Waals surface area contributed by atoms with Crippen LogP contribution in [-0.2, 0) is 9.53 Å². The summed E-state index contributed by atoms with van der Waals surface area (Å²) >= 11 is 7.63. The fraction of sp³-hybridized carbons (Fsp3) is 0.438. The molecule has 0 aliphatic rings. The summed E-state index contributed by atoms with van der Waals surface area (Å²) in [6, 6.07) is 7.30. The third kappa shape index (κ3) is 5.25. The highest BCUT2D eigenvalue weighted by atomic mass is 35.5. The van der Waals surface area contributed by atoms with Gasteiger partial charge < -0.3 is 4.74 Å².